The zero-order valence-electron chi connectivity index (χ0n) is 13.4. The lowest BCUT2D eigenvalue weighted by atomic mass is 10.1. The topological polar surface area (TPSA) is 65.5 Å². The molecule has 2 aromatic rings. The highest BCUT2D eigenvalue weighted by atomic mass is 16.3. The van der Waals surface area contributed by atoms with E-state index in [0.29, 0.717) is 19.6 Å². The third-order valence-corrected chi connectivity index (χ3v) is 3.48. The second kappa shape index (κ2) is 9.02. The van der Waals surface area contributed by atoms with Gasteiger partial charge < -0.3 is 10.4 Å². The number of carbonyl (C=O) groups excluding carboxylic acids is 1. The quantitative estimate of drug-likeness (QED) is 0.775. The fourth-order valence-corrected chi connectivity index (χ4v) is 2.39. The van der Waals surface area contributed by atoms with E-state index < -0.39 is 0 Å². The molecule has 0 saturated carbocycles. The molecule has 0 bridgehead atoms. The highest BCUT2D eigenvalue weighted by Gasteiger charge is 2.11. The van der Waals surface area contributed by atoms with Crippen LogP contribution in [0.25, 0.3) is 0 Å². The van der Waals surface area contributed by atoms with Gasteiger partial charge in [0.2, 0.25) is 5.91 Å². The second-order valence-corrected chi connectivity index (χ2v) is 5.56. The molecule has 1 heterocycles. The minimum absolute atomic E-state index is 0.0193. The molecule has 0 radical (unpaired) electrons. The largest absolute Gasteiger partial charge is 0.395 e. The number of nitrogens with one attached hydrogen (secondary N) is 1. The molecular formula is C18H23N3O2. The number of hydrogen-bond acceptors (Lipinski definition) is 4. The zero-order valence-corrected chi connectivity index (χ0v) is 13.4. The van der Waals surface area contributed by atoms with E-state index in [9.17, 15) is 9.90 Å². The van der Waals surface area contributed by atoms with Gasteiger partial charge in [0.1, 0.15) is 0 Å². The van der Waals surface area contributed by atoms with Crippen LogP contribution >= 0.6 is 0 Å². The Hall–Kier alpha value is -2.24. The van der Waals surface area contributed by atoms with Gasteiger partial charge in [0, 0.05) is 32.0 Å². The molecule has 23 heavy (non-hydrogen) atoms. The lowest BCUT2D eigenvalue weighted by molar-refractivity contribution is -0.122. The maximum atomic E-state index is 12.1. The van der Waals surface area contributed by atoms with E-state index in [1.54, 1.807) is 12.4 Å². The van der Waals surface area contributed by atoms with E-state index in [2.05, 4.69) is 16.4 Å². The lowest BCUT2D eigenvalue weighted by Crippen LogP contribution is -2.38. The fraction of sp³-hybridized carbons (Fsp3) is 0.333. The van der Waals surface area contributed by atoms with Crippen LogP contribution in [0.4, 0.5) is 0 Å². The van der Waals surface area contributed by atoms with Gasteiger partial charge >= 0.3 is 0 Å². The van der Waals surface area contributed by atoms with Gasteiger partial charge in [-0.05, 0) is 24.1 Å². The SMILES string of the molecule is Cc1cccc(CNC(=O)CN(CCO)Cc2cccnc2)c1. The molecule has 5 nitrogen and oxygen atoms in total. The van der Waals surface area contributed by atoms with Crippen LogP contribution in [0, 0.1) is 6.92 Å². The van der Waals surface area contributed by atoms with E-state index in [4.69, 9.17) is 0 Å². The van der Waals surface area contributed by atoms with E-state index >= 15 is 0 Å². The van der Waals surface area contributed by atoms with Gasteiger partial charge in [0.25, 0.3) is 0 Å². The molecule has 1 aromatic heterocycles. The van der Waals surface area contributed by atoms with Crippen molar-refractivity contribution in [2.45, 2.75) is 20.0 Å². The van der Waals surface area contributed by atoms with Crippen LogP contribution < -0.4 is 5.32 Å². The van der Waals surface area contributed by atoms with Crippen LogP contribution in [0.15, 0.2) is 48.8 Å². The van der Waals surface area contributed by atoms with Crippen molar-refractivity contribution in [3.63, 3.8) is 0 Å². The maximum absolute atomic E-state index is 12.1. The number of hydrogen-bond donors (Lipinski definition) is 2. The number of aliphatic hydroxyl groups excluding tert-OH is 1. The molecule has 0 unspecified atom stereocenters. The predicted molar refractivity (Wildman–Crippen MR) is 89.6 cm³/mol. The van der Waals surface area contributed by atoms with Crippen LogP contribution in [-0.2, 0) is 17.9 Å². The Bertz CT molecular complexity index is 617. The van der Waals surface area contributed by atoms with Crippen molar-refractivity contribution in [1.29, 1.82) is 0 Å². The second-order valence-electron chi connectivity index (χ2n) is 5.56. The Balaban J connectivity index is 1.85. The Kier molecular flexibility index (Phi) is 6.72. The molecule has 0 saturated heterocycles. The third kappa shape index (κ3) is 6.18. The molecule has 0 aliphatic heterocycles. The summed E-state index contributed by atoms with van der Waals surface area (Å²) in [5, 5.41) is 12.1. The smallest absolute Gasteiger partial charge is 0.234 e. The predicted octanol–water partition coefficient (Wildman–Crippen LogP) is 1.50. The minimum Gasteiger partial charge on any atom is -0.395 e. The molecule has 2 rings (SSSR count). The Morgan fingerprint density at radius 1 is 1.26 bits per heavy atom. The Labute approximate surface area is 137 Å². The number of rotatable bonds is 8. The minimum atomic E-state index is -0.0520. The molecule has 0 fully saturated rings. The third-order valence-electron chi connectivity index (χ3n) is 3.48. The first-order chi connectivity index (χ1) is 11.2. The number of carbonyl (C=O) groups is 1. The Morgan fingerprint density at radius 3 is 2.78 bits per heavy atom. The summed E-state index contributed by atoms with van der Waals surface area (Å²) in [7, 11) is 0. The average molecular weight is 313 g/mol. The number of nitrogens with zero attached hydrogens (tertiary/aromatic N) is 2. The average Bonchev–Trinajstić information content (AvgIpc) is 2.54. The van der Waals surface area contributed by atoms with Crippen molar-refractivity contribution in [3.05, 3.63) is 65.5 Å². The van der Waals surface area contributed by atoms with Gasteiger partial charge in [-0.2, -0.15) is 0 Å². The summed E-state index contributed by atoms with van der Waals surface area (Å²) in [5.41, 5.74) is 3.28. The number of pyridine rings is 1. The van der Waals surface area contributed by atoms with Gasteiger partial charge in [-0.25, -0.2) is 0 Å². The van der Waals surface area contributed by atoms with Crippen molar-refractivity contribution in [1.82, 2.24) is 15.2 Å². The normalized spacial score (nSPS) is 10.7. The van der Waals surface area contributed by atoms with Crippen LogP contribution in [0.2, 0.25) is 0 Å². The molecule has 1 aromatic carbocycles. The van der Waals surface area contributed by atoms with Gasteiger partial charge in [0.05, 0.1) is 13.2 Å². The Morgan fingerprint density at radius 2 is 2.09 bits per heavy atom. The monoisotopic (exact) mass is 313 g/mol. The molecular weight excluding hydrogens is 290 g/mol. The molecule has 0 aliphatic carbocycles. The van der Waals surface area contributed by atoms with E-state index in [-0.39, 0.29) is 19.1 Å². The van der Waals surface area contributed by atoms with Crippen LogP contribution in [-0.4, -0.2) is 40.6 Å². The molecule has 1 amide bonds. The summed E-state index contributed by atoms with van der Waals surface area (Å²) >= 11 is 0. The standard InChI is InChI=1S/C18H23N3O2/c1-15-4-2-5-16(10-15)12-20-18(23)14-21(8-9-22)13-17-6-3-7-19-11-17/h2-7,10-11,22H,8-9,12-14H2,1H3,(H,20,23). The summed E-state index contributed by atoms with van der Waals surface area (Å²) in [6.45, 7) is 3.86. The summed E-state index contributed by atoms with van der Waals surface area (Å²) in [6.07, 6.45) is 3.49. The first kappa shape index (κ1) is 17.1. The van der Waals surface area contributed by atoms with Crippen LogP contribution in [0.5, 0.6) is 0 Å². The lowest BCUT2D eigenvalue weighted by Gasteiger charge is -2.20. The van der Waals surface area contributed by atoms with Crippen molar-refractivity contribution in [2.24, 2.45) is 0 Å². The van der Waals surface area contributed by atoms with Crippen molar-refractivity contribution in [2.75, 3.05) is 19.7 Å². The molecule has 0 spiro atoms. The van der Waals surface area contributed by atoms with Crippen molar-refractivity contribution < 1.29 is 9.90 Å². The van der Waals surface area contributed by atoms with Gasteiger partial charge in [-0.1, -0.05) is 35.9 Å². The highest BCUT2D eigenvalue weighted by Crippen LogP contribution is 2.04. The van der Waals surface area contributed by atoms with Gasteiger partial charge in [-0.3, -0.25) is 14.7 Å². The van der Waals surface area contributed by atoms with Crippen molar-refractivity contribution in [3.8, 4) is 0 Å². The first-order valence-electron chi connectivity index (χ1n) is 7.72. The number of aliphatic hydroxyl groups is 1. The van der Waals surface area contributed by atoms with Gasteiger partial charge in [0.15, 0.2) is 0 Å². The maximum Gasteiger partial charge on any atom is 0.234 e. The van der Waals surface area contributed by atoms with Gasteiger partial charge in [-0.15, -0.1) is 0 Å². The highest BCUT2D eigenvalue weighted by molar-refractivity contribution is 5.78. The zero-order chi connectivity index (χ0) is 16.5. The molecule has 122 valence electrons. The summed E-state index contributed by atoms with van der Waals surface area (Å²) in [6, 6.07) is 11.9. The van der Waals surface area contributed by atoms with E-state index in [1.165, 1.54) is 5.56 Å². The van der Waals surface area contributed by atoms with Crippen LogP contribution in [0.3, 0.4) is 0 Å². The molecule has 0 atom stereocenters. The molecule has 2 N–H and O–H groups in total. The molecule has 5 heteroatoms. The first-order valence-corrected chi connectivity index (χ1v) is 7.72. The summed E-state index contributed by atoms with van der Waals surface area (Å²) in [5.74, 6) is -0.0520. The number of aromatic nitrogens is 1. The number of amides is 1. The van der Waals surface area contributed by atoms with E-state index in [0.717, 1.165) is 11.1 Å². The van der Waals surface area contributed by atoms with E-state index in [1.807, 2.05) is 42.2 Å². The van der Waals surface area contributed by atoms with Crippen molar-refractivity contribution >= 4 is 5.91 Å². The molecule has 0 aliphatic rings. The van der Waals surface area contributed by atoms with Crippen LogP contribution in [0.1, 0.15) is 16.7 Å². The fourth-order valence-electron chi connectivity index (χ4n) is 2.39. The summed E-state index contributed by atoms with van der Waals surface area (Å²) < 4.78 is 0. The number of benzene rings is 1. The number of aryl methyl sites for hydroxylation is 1. The summed E-state index contributed by atoms with van der Waals surface area (Å²) in [4.78, 5) is 18.1.